The van der Waals surface area contributed by atoms with Crippen LogP contribution in [0.15, 0.2) is 29.6 Å². The molecule has 1 aromatic heterocycles. The number of carboxylic acid groups (broad SMARTS) is 1. The van der Waals surface area contributed by atoms with Crippen molar-refractivity contribution in [1.29, 1.82) is 0 Å². The summed E-state index contributed by atoms with van der Waals surface area (Å²) in [5.74, 6) is -0.512. The van der Waals surface area contributed by atoms with Crippen molar-refractivity contribution in [3.63, 3.8) is 0 Å². The minimum Gasteiger partial charge on any atom is -0.478 e. The van der Waals surface area contributed by atoms with Crippen molar-refractivity contribution < 1.29 is 9.90 Å². The zero-order valence-electron chi connectivity index (χ0n) is 10.3. The number of nitrogens with two attached hydrogens (primary N) is 1. The highest BCUT2D eigenvalue weighted by Gasteiger charge is 2.17. The molecular weight excluding hydrogens is 246 g/mol. The fraction of sp³-hybridized carbons (Fsp3) is 0.214. The number of carboxylic acids is 1. The molecular formula is C14H15NO2S. The molecule has 0 unspecified atom stereocenters. The summed E-state index contributed by atoms with van der Waals surface area (Å²) in [6, 6.07) is 7.95. The zero-order chi connectivity index (χ0) is 13.3. The van der Waals surface area contributed by atoms with Crippen molar-refractivity contribution in [3.8, 4) is 11.1 Å². The molecule has 4 heteroatoms. The summed E-state index contributed by atoms with van der Waals surface area (Å²) in [6.45, 7) is 4.25. The number of nitrogen functional groups attached to an aromatic ring is 1. The first kappa shape index (κ1) is 12.6. The van der Waals surface area contributed by atoms with Crippen LogP contribution in [0.4, 0.5) is 5.00 Å². The molecule has 0 aliphatic carbocycles. The van der Waals surface area contributed by atoms with E-state index in [4.69, 9.17) is 10.8 Å². The third-order valence-corrected chi connectivity index (χ3v) is 3.73. The summed E-state index contributed by atoms with van der Waals surface area (Å²) in [5.41, 5.74) is 8.72. The molecule has 0 bridgehead atoms. The second-order valence-electron chi connectivity index (χ2n) is 4.47. The third kappa shape index (κ3) is 2.24. The van der Waals surface area contributed by atoms with Crippen LogP contribution in [0.2, 0.25) is 0 Å². The van der Waals surface area contributed by atoms with E-state index in [-0.39, 0.29) is 5.56 Å². The molecule has 0 amide bonds. The second kappa shape index (κ2) is 4.82. The first-order valence-electron chi connectivity index (χ1n) is 5.71. The minimum atomic E-state index is -0.975. The number of aromatic carboxylic acids is 1. The van der Waals surface area contributed by atoms with Crippen LogP contribution >= 0.6 is 11.3 Å². The monoisotopic (exact) mass is 261 g/mol. The van der Waals surface area contributed by atoms with Crippen molar-refractivity contribution in [2.75, 3.05) is 5.73 Å². The Kier molecular flexibility index (Phi) is 3.39. The van der Waals surface area contributed by atoms with Crippen LogP contribution < -0.4 is 5.73 Å². The molecule has 0 saturated heterocycles. The first-order chi connectivity index (χ1) is 8.50. The van der Waals surface area contributed by atoms with Crippen LogP contribution in [0, 0.1) is 0 Å². The highest BCUT2D eigenvalue weighted by Crippen LogP contribution is 2.34. The van der Waals surface area contributed by atoms with Crippen LogP contribution in [-0.2, 0) is 0 Å². The lowest BCUT2D eigenvalue weighted by Crippen LogP contribution is -2.00. The molecule has 1 heterocycles. The molecule has 0 spiro atoms. The van der Waals surface area contributed by atoms with Gasteiger partial charge in [0.15, 0.2) is 0 Å². The lowest BCUT2D eigenvalue weighted by Gasteiger charge is -2.07. The van der Waals surface area contributed by atoms with Gasteiger partial charge < -0.3 is 10.8 Å². The van der Waals surface area contributed by atoms with Crippen LogP contribution in [-0.4, -0.2) is 11.1 Å². The quantitative estimate of drug-likeness (QED) is 0.882. The molecule has 0 aliphatic rings. The smallest absolute Gasteiger partial charge is 0.339 e. The average molecular weight is 261 g/mol. The van der Waals surface area contributed by atoms with E-state index in [1.165, 1.54) is 16.9 Å². The number of carbonyl (C=O) groups is 1. The van der Waals surface area contributed by atoms with Gasteiger partial charge in [-0.2, -0.15) is 0 Å². The normalized spacial score (nSPS) is 10.8. The summed E-state index contributed by atoms with van der Waals surface area (Å²) in [4.78, 5) is 11.2. The number of thiophene rings is 1. The minimum absolute atomic E-state index is 0.206. The Morgan fingerprint density at radius 3 is 2.39 bits per heavy atom. The molecule has 3 nitrogen and oxygen atoms in total. The number of anilines is 1. The number of hydrogen-bond acceptors (Lipinski definition) is 3. The van der Waals surface area contributed by atoms with Gasteiger partial charge in [-0.25, -0.2) is 4.79 Å². The van der Waals surface area contributed by atoms with E-state index < -0.39 is 5.97 Å². The summed E-state index contributed by atoms with van der Waals surface area (Å²) >= 11 is 1.26. The molecule has 0 saturated carbocycles. The Morgan fingerprint density at radius 1 is 1.28 bits per heavy atom. The average Bonchev–Trinajstić information content (AvgIpc) is 2.71. The molecule has 94 valence electrons. The number of hydrogen-bond donors (Lipinski definition) is 2. The predicted molar refractivity (Wildman–Crippen MR) is 75.2 cm³/mol. The molecule has 0 aliphatic heterocycles. The fourth-order valence-electron chi connectivity index (χ4n) is 1.85. The van der Waals surface area contributed by atoms with Gasteiger partial charge in [-0.05, 0) is 17.0 Å². The van der Waals surface area contributed by atoms with Gasteiger partial charge in [-0.15, -0.1) is 11.3 Å². The lowest BCUT2D eigenvalue weighted by molar-refractivity contribution is 0.0699. The Morgan fingerprint density at radius 2 is 1.89 bits per heavy atom. The van der Waals surface area contributed by atoms with Gasteiger partial charge in [0.2, 0.25) is 0 Å². The predicted octanol–water partition coefficient (Wildman–Crippen LogP) is 3.82. The molecule has 0 atom stereocenters. The molecule has 2 aromatic rings. The van der Waals surface area contributed by atoms with E-state index in [0.29, 0.717) is 16.5 Å². The maximum absolute atomic E-state index is 11.2. The number of benzene rings is 1. The fourth-order valence-corrected chi connectivity index (χ4v) is 2.67. The Balaban J connectivity index is 2.46. The van der Waals surface area contributed by atoms with E-state index in [9.17, 15) is 4.79 Å². The standard InChI is InChI=1S/C14H15NO2S/c1-8(2)9-3-5-10(6-4-9)11-7-18-13(15)12(11)14(16)17/h3-8H,15H2,1-2H3,(H,16,17). The van der Waals surface area contributed by atoms with Gasteiger partial charge in [0.25, 0.3) is 0 Å². The van der Waals surface area contributed by atoms with E-state index in [1.54, 1.807) is 5.38 Å². The highest BCUT2D eigenvalue weighted by molar-refractivity contribution is 7.14. The van der Waals surface area contributed by atoms with Crippen LogP contribution in [0.3, 0.4) is 0 Å². The SMILES string of the molecule is CC(C)c1ccc(-c2csc(N)c2C(=O)O)cc1. The van der Waals surface area contributed by atoms with Crippen molar-refractivity contribution >= 4 is 22.3 Å². The van der Waals surface area contributed by atoms with Crippen molar-refractivity contribution in [3.05, 3.63) is 40.8 Å². The van der Waals surface area contributed by atoms with Crippen LogP contribution in [0.1, 0.15) is 35.7 Å². The number of rotatable bonds is 3. The molecule has 3 N–H and O–H groups in total. The third-order valence-electron chi connectivity index (χ3n) is 2.92. The van der Waals surface area contributed by atoms with Gasteiger partial charge in [0.05, 0.1) is 0 Å². The first-order valence-corrected chi connectivity index (χ1v) is 6.59. The van der Waals surface area contributed by atoms with Gasteiger partial charge in [0, 0.05) is 10.9 Å². The second-order valence-corrected chi connectivity index (χ2v) is 5.38. The molecule has 0 fully saturated rings. The van der Waals surface area contributed by atoms with E-state index in [1.807, 2.05) is 24.3 Å². The van der Waals surface area contributed by atoms with Crippen LogP contribution in [0.5, 0.6) is 0 Å². The van der Waals surface area contributed by atoms with Crippen molar-refractivity contribution in [2.45, 2.75) is 19.8 Å². The van der Waals surface area contributed by atoms with Crippen molar-refractivity contribution in [2.24, 2.45) is 0 Å². The summed E-state index contributed by atoms with van der Waals surface area (Å²) < 4.78 is 0. The Hall–Kier alpha value is -1.81. The van der Waals surface area contributed by atoms with E-state index >= 15 is 0 Å². The lowest BCUT2D eigenvalue weighted by atomic mass is 9.98. The zero-order valence-corrected chi connectivity index (χ0v) is 11.1. The Labute approximate surface area is 110 Å². The van der Waals surface area contributed by atoms with Gasteiger partial charge in [-0.1, -0.05) is 38.1 Å². The van der Waals surface area contributed by atoms with Gasteiger partial charge >= 0.3 is 5.97 Å². The van der Waals surface area contributed by atoms with Crippen LogP contribution in [0.25, 0.3) is 11.1 Å². The van der Waals surface area contributed by atoms with Crippen molar-refractivity contribution in [1.82, 2.24) is 0 Å². The van der Waals surface area contributed by atoms with Gasteiger partial charge in [-0.3, -0.25) is 0 Å². The topological polar surface area (TPSA) is 63.3 Å². The summed E-state index contributed by atoms with van der Waals surface area (Å²) in [7, 11) is 0. The maximum atomic E-state index is 11.2. The molecule has 2 rings (SSSR count). The van der Waals surface area contributed by atoms with E-state index in [2.05, 4.69) is 13.8 Å². The molecule has 0 radical (unpaired) electrons. The van der Waals surface area contributed by atoms with E-state index in [0.717, 1.165) is 5.56 Å². The summed E-state index contributed by atoms with van der Waals surface area (Å²) in [6.07, 6.45) is 0. The molecule has 18 heavy (non-hydrogen) atoms. The van der Waals surface area contributed by atoms with Gasteiger partial charge in [0.1, 0.15) is 10.6 Å². The largest absolute Gasteiger partial charge is 0.478 e. The summed E-state index contributed by atoms with van der Waals surface area (Å²) in [5, 5.41) is 11.3. The molecule has 1 aromatic carbocycles. The highest BCUT2D eigenvalue weighted by atomic mass is 32.1. The Bertz CT molecular complexity index is 570. The maximum Gasteiger partial charge on any atom is 0.339 e.